The van der Waals surface area contributed by atoms with E-state index in [9.17, 15) is 9.90 Å². The van der Waals surface area contributed by atoms with Crippen LogP contribution in [0.3, 0.4) is 0 Å². The molecule has 1 rings (SSSR count). The fourth-order valence-corrected chi connectivity index (χ4v) is 5.27. The molecule has 1 aromatic rings. The Morgan fingerprint density at radius 2 is 0.949 bits per heavy atom. The van der Waals surface area contributed by atoms with Crippen LogP contribution in [0.1, 0.15) is 183 Å². The quantitative estimate of drug-likeness (QED) is 0.107. The molecular formula is C36H64O3. The highest BCUT2D eigenvalue weighted by Crippen LogP contribution is 2.42. The first-order valence-corrected chi connectivity index (χ1v) is 16.3. The van der Waals surface area contributed by atoms with E-state index < -0.39 is 5.41 Å². The van der Waals surface area contributed by atoms with E-state index in [1.165, 1.54) is 96.3 Å². The van der Waals surface area contributed by atoms with E-state index in [4.69, 9.17) is 4.74 Å². The van der Waals surface area contributed by atoms with Crippen LogP contribution >= 0.6 is 0 Å². The summed E-state index contributed by atoms with van der Waals surface area (Å²) in [6.07, 6.45) is 22.4. The highest BCUT2D eigenvalue weighted by atomic mass is 16.5. The van der Waals surface area contributed by atoms with Crippen LogP contribution in [0, 0.1) is 5.41 Å². The number of phenolic OH excluding ortho intramolecular Hbond substituents is 1. The third-order valence-electron chi connectivity index (χ3n) is 8.12. The van der Waals surface area contributed by atoms with Crippen molar-refractivity contribution in [1.82, 2.24) is 0 Å². The van der Waals surface area contributed by atoms with E-state index in [1.807, 2.05) is 26.0 Å². The molecule has 3 heteroatoms. The number of esters is 1. The number of benzene rings is 1. The predicted molar refractivity (Wildman–Crippen MR) is 169 cm³/mol. The fraction of sp³-hybridized carbons (Fsp3) is 0.806. The maximum atomic E-state index is 13.1. The van der Waals surface area contributed by atoms with Crippen LogP contribution in [0.4, 0.5) is 0 Å². The summed E-state index contributed by atoms with van der Waals surface area (Å²) in [5, 5.41) is 10.9. The standard InChI is InChI=1S/C36H64O3/c1-10-11-12-13-14-15-16-17-18-19-20-21-22-23-24-25-26-36(8,9)33(38)39-29-27-30(34(2,3)4)32(37)31(28-29)35(5,6)7/h27-28,37H,10-26H2,1-9H3. The summed E-state index contributed by atoms with van der Waals surface area (Å²) in [5.41, 5.74) is 0.588. The van der Waals surface area contributed by atoms with Crippen molar-refractivity contribution < 1.29 is 14.6 Å². The SMILES string of the molecule is CCCCCCCCCCCCCCCCCCC(C)(C)C(=O)Oc1cc(C(C)(C)C)c(O)c(C(C)(C)C)c1. The maximum Gasteiger partial charge on any atom is 0.316 e. The molecule has 0 fully saturated rings. The van der Waals surface area contributed by atoms with Gasteiger partial charge in [-0.05, 0) is 43.2 Å². The minimum atomic E-state index is -0.530. The van der Waals surface area contributed by atoms with Crippen molar-refractivity contribution >= 4 is 5.97 Å². The van der Waals surface area contributed by atoms with Gasteiger partial charge in [0.1, 0.15) is 11.5 Å². The molecule has 0 bridgehead atoms. The zero-order chi connectivity index (χ0) is 29.5. The van der Waals surface area contributed by atoms with E-state index in [1.54, 1.807) is 0 Å². The molecule has 0 radical (unpaired) electrons. The Hall–Kier alpha value is -1.51. The predicted octanol–water partition coefficient (Wildman–Crippen LogP) is 11.6. The number of phenols is 1. The summed E-state index contributed by atoms with van der Waals surface area (Å²) in [6.45, 7) is 18.7. The van der Waals surface area contributed by atoms with Gasteiger partial charge in [-0.25, -0.2) is 0 Å². The van der Waals surface area contributed by atoms with Crippen LogP contribution in [0.2, 0.25) is 0 Å². The van der Waals surface area contributed by atoms with Crippen LogP contribution in [-0.2, 0) is 15.6 Å². The maximum absolute atomic E-state index is 13.1. The molecule has 39 heavy (non-hydrogen) atoms. The van der Waals surface area contributed by atoms with Crippen molar-refractivity contribution in [3.63, 3.8) is 0 Å². The van der Waals surface area contributed by atoms with Gasteiger partial charge in [-0.15, -0.1) is 0 Å². The first-order chi connectivity index (χ1) is 18.2. The van der Waals surface area contributed by atoms with Crippen molar-refractivity contribution in [2.24, 2.45) is 5.41 Å². The molecule has 226 valence electrons. The van der Waals surface area contributed by atoms with Crippen LogP contribution in [0.15, 0.2) is 12.1 Å². The Labute approximate surface area is 242 Å². The van der Waals surface area contributed by atoms with Crippen LogP contribution in [0.25, 0.3) is 0 Å². The lowest BCUT2D eigenvalue weighted by Gasteiger charge is -2.29. The van der Waals surface area contributed by atoms with Crippen LogP contribution in [-0.4, -0.2) is 11.1 Å². The average Bonchev–Trinajstić information content (AvgIpc) is 2.83. The number of hydrogen-bond donors (Lipinski definition) is 1. The van der Waals surface area contributed by atoms with E-state index >= 15 is 0 Å². The Kier molecular flexibility index (Phi) is 15.8. The van der Waals surface area contributed by atoms with Gasteiger partial charge in [0.05, 0.1) is 5.41 Å². The molecule has 0 unspecified atom stereocenters. The van der Waals surface area contributed by atoms with Gasteiger partial charge in [-0.3, -0.25) is 4.79 Å². The Balaban J connectivity index is 2.34. The number of rotatable bonds is 19. The second-order valence-electron chi connectivity index (χ2n) is 14.7. The number of carbonyl (C=O) groups excluding carboxylic acids is 1. The molecular weight excluding hydrogens is 480 g/mol. The number of unbranched alkanes of at least 4 members (excludes halogenated alkanes) is 15. The molecule has 0 heterocycles. The van der Waals surface area contributed by atoms with E-state index in [-0.39, 0.29) is 16.8 Å². The minimum absolute atomic E-state index is 0.186. The number of ether oxygens (including phenoxy) is 1. The monoisotopic (exact) mass is 544 g/mol. The third kappa shape index (κ3) is 14.1. The van der Waals surface area contributed by atoms with Crippen molar-refractivity contribution in [3.8, 4) is 11.5 Å². The summed E-state index contributed by atoms with van der Waals surface area (Å²) in [6, 6.07) is 3.68. The first-order valence-electron chi connectivity index (χ1n) is 16.3. The average molecular weight is 545 g/mol. The number of aromatic hydroxyl groups is 1. The lowest BCUT2D eigenvalue weighted by Crippen LogP contribution is -2.29. The van der Waals surface area contributed by atoms with Gasteiger partial charge < -0.3 is 9.84 Å². The Morgan fingerprint density at radius 1 is 0.615 bits per heavy atom. The molecule has 0 saturated heterocycles. The molecule has 3 nitrogen and oxygen atoms in total. The van der Waals surface area contributed by atoms with Gasteiger partial charge >= 0.3 is 5.97 Å². The number of hydrogen-bond acceptors (Lipinski definition) is 3. The normalized spacial score (nSPS) is 12.6. The highest BCUT2D eigenvalue weighted by molar-refractivity contribution is 5.78. The van der Waals surface area contributed by atoms with Crippen molar-refractivity contribution in [2.75, 3.05) is 0 Å². The summed E-state index contributed by atoms with van der Waals surface area (Å²) in [4.78, 5) is 13.1. The molecule has 0 aromatic heterocycles. The molecule has 0 amide bonds. The van der Waals surface area contributed by atoms with Gasteiger partial charge in [0, 0.05) is 11.1 Å². The molecule has 0 aliphatic rings. The number of carbonyl (C=O) groups is 1. The largest absolute Gasteiger partial charge is 0.507 e. The molecule has 0 saturated carbocycles. The van der Waals surface area contributed by atoms with E-state index in [0.717, 1.165) is 24.0 Å². The summed E-state index contributed by atoms with van der Waals surface area (Å²) in [7, 11) is 0. The second kappa shape index (κ2) is 17.3. The third-order valence-corrected chi connectivity index (χ3v) is 8.12. The molecule has 1 aromatic carbocycles. The van der Waals surface area contributed by atoms with E-state index in [0.29, 0.717) is 11.5 Å². The Morgan fingerprint density at radius 3 is 1.28 bits per heavy atom. The van der Waals surface area contributed by atoms with Gasteiger partial charge in [-0.1, -0.05) is 151 Å². The lowest BCUT2D eigenvalue weighted by molar-refractivity contribution is -0.144. The topological polar surface area (TPSA) is 46.5 Å². The fourth-order valence-electron chi connectivity index (χ4n) is 5.27. The summed E-state index contributed by atoms with van der Waals surface area (Å²) in [5.74, 6) is 0.656. The van der Waals surface area contributed by atoms with Crippen molar-refractivity contribution in [3.05, 3.63) is 23.3 Å². The highest BCUT2D eigenvalue weighted by Gasteiger charge is 2.31. The van der Waals surface area contributed by atoms with E-state index in [2.05, 4.69) is 48.5 Å². The van der Waals surface area contributed by atoms with Gasteiger partial charge in [0.15, 0.2) is 0 Å². The summed E-state index contributed by atoms with van der Waals surface area (Å²) < 4.78 is 5.94. The second-order valence-corrected chi connectivity index (χ2v) is 14.7. The molecule has 1 N–H and O–H groups in total. The van der Waals surface area contributed by atoms with Gasteiger partial charge in [0.25, 0.3) is 0 Å². The van der Waals surface area contributed by atoms with Gasteiger partial charge in [0.2, 0.25) is 0 Å². The van der Waals surface area contributed by atoms with Crippen LogP contribution < -0.4 is 4.74 Å². The van der Waals surface area contributed by atoms with Crippen LogP contribution in [0.5, 0.6) is 11.5 Å². The molecule has 0 aliphatic carbocycles. The zero-order valence-corrected chi connectivity index (χ0v) is 27.4. The summed E-state index contributed by atoms with van der Waals surface area (Å²) >= 11 is 0. The van der Waals surface area contributed by atoms with Crippen molar-refractivity contribution in [2.45, 2.75) is 182 Å². The smallest absolute Gasteiger partial charge is 0.316 e. The lowest BCUT2D eigenvalue weighted by atomic mass is 9.79. The first kappa shape index (κ1) is 35.5. The van der Waals surface area contributed by atoms with Crippen molar-refractivity contribution in [1.29, 1.82) is 0 Å². The minimum Gasteiger partial charge on any atom is -0.507 e. The molecule has 0 atom stereocenters. The zero-order valence-electron chi connectivity index (χ0n) is 27.4. The molecule has 0 spiro atoms. The molecule has 0 aliphatic heterocycles. The Bertz CT molecular complexity index is 788. The van der Waals surface area contributed by atoms with Gasteiger partial charge in [-0.2, -0.15) is 0 Å².